The number of anilines is 1. The molecule has 0 aromatic carbocycles. The monoisotopic (exact) mass is 451 g/mol. The van der Waals surface area contributed by atoms with Gasteiger partial charge in [0.05, 0.1) is 0 Å². The van der Waals surface area contributed by atoms with E-state index in [0.717, 1.165) is 31.3 Å². The number of allylic oxidation sites excluding steroid dienone is 1. The number of aromatic nitrogens is 2. The second-order valence-corrected chi connectivity index (χ2v) is 21.3. The molecule has 0 saturated carbocycles. The van der Waals surface area contributed by atoms with Crippen molar-refractivity contribution in [3.8, 4) is 0 Å². The molecule has 1 aliphatic heterocycles. The Labute approximate surface area is 184 Å². The third kappa shape index (κ3) is 6.31. The highest BCUT2D eigenvalue weighted by molar-refractivity contribution is 6.76. The number of nitrogens with zero attached hydrogens (tertiary/aromatic N) is 3. The second-order valence-electron chi connectivity index (χ2n) is 10.9. The van der Waals surface area contributed by atoms with Crippen LogP contribution in [0.4, 0.5) is 5.82 Å². The van der Waals surface area contributed by atoms with Crippen LogP contribution in [-0.2, 0) is 15.9 Å². The van der Waals surface area contributed by atoms with E-state index in [2.05, 4.69) is 53.5 Å². The average molecular weight is 452 g/mol. The van der Waals surface area contributed by atoms with E-state index in [4.69, 9.17) is 14.1 Å². The molecule has 0 unspecified atom stereocenters. The first-order valence-corrected chi connectivity index (χ1v) is 17.7. The fourth-order valence-corrected chi connectivity index (χ4v) is 4.54. The lowest BCUT2D eigenvalue weighted by Gasteiger charge is -2.37. The molecule has 30 heavy (non-hydrogen) atoms. The Morgan fingerprint density at radius 3 is 2.30 bits per heavy atom. The van der Waals surface area contributed by atoms with Gasteiger partial charge in [-0.2, -0.15) is 0 Å². The fraction of sp³-hybridized carbons (Fsp3) is 0.727. The average Bonchev–Trinajstić information content (AvgIpc) is 2.56. The van der Waals surface area contributed by atoms with Crippen molar-refractivity contribution in [3.05, 3.63) is 28.3 Å². The fourth-order valence-electron chi connectivity index (χ4n) is 2.70. The van der Waals surface area contributed by atoms with E-state index in [-0.39, 0.29) is 17.3 Å². The van der Waals surface area contributed by atoms with Crippen molar-refractivity contribution >= 4 is 28.0 Å². The van der Waals surface area contributed by atoms with Crippen molar-refractivity contribution in [1.82, 2.24) is 9.55 Å². The largest absolute Gasteiger partial charge is 0.542 e. The Balaban J connectivity index is 2.33. The Morgan fingerprint density at radius 1 is 1.20 bits per heavy atom. The van der Waals surface area contributed by atoms with Gasteiger partial charge in [0.15, 0.2) is 5.82 Å². The van der Waals surface area contributed by atoms with Crippen molar-refractivity contribution in [1.29, 1.82) is 0 Å². The molecule has 2 rings (SSSR count). The Hall–Kier alpha value is -1.39. The Kier molecular flexibility index (Phi) is 7.80. The van der Waals surface area contributed by atoms with Crippen LogP contribution >= 0.6 is 0 Å². The van der Waals surface area contributed by atoms with Crippen molar-refractivity contribution < 1.29 is 9.16 Å². The molecule has 1 aliphatic rings. The molecule has 0 atom stereocenters. The van der Waals surface area contributed by atoms with Gasteiger partial charge in [-0.25, -0.2) is 4.98 Å². The molecule has 0 amide bonds. The summed E-state index contributed by atoms with van der Waals surface area (Å²) in [5.41, 5.74) is 0.617. The summed E-state index contributed by atoms with van der Waals surface area (Å²) >= 11 is 0. The molecule has 6 nitrogen and oxygen atoms in total. The topological polar surface area (TPSA) is 56.6 Å². The zero-order chi connectivity index (χ0) is 22.7. The predicted molar refractivity (Wildman–Crippen MR) is 131 cm³/mol. The van der Waals surface area contributed by atoms with E-state index < -0.39 is 16.4 Å². The molecule has 0 spiro atoms. The predicted octanol–water partition coefficient (Wildman–Crippen LogP) is 5.15. The summed E-state index contributed by atoms with van der Waals surface area (Å²) in [6.07, 6.45) is 4.85. The molecule has 1 aromatic rings. The van der Waals surface area contributed by atoms with Crippen molar-refractivity contribution in [2.24, 2.45) is 0 Å². The van der Waals surface area contributed by atoms with Crippen LogP contribution in [0.25, 0.3) is 5.76 Å². The highest BCUT2D eigenvalue weighted by atomic mass is 28.4. The summed E-state index contributed by atoms with van der Waals surface area (Å²) < 4.78 is 14.1. The SMILES string of the molecule is CC=C(O[Si](C)(C)C(C)(C)C)c1cn(COCC[Si](C)(C)C)c(=O)c(N2CCC2)n1. The first-order chi connectivity index (χ1) is 13.7. The molecule has 8 heteroatoms. The highest BCUT2D eigenvalue weighted by Gasteiger charge is 2.40. The maximum atomic E-state index is 13.0. The summed E-state index contributed by atoms with van der Waals surface area (Å²) in [6, 6.07) is 1.08. The summed E-state index contributed by atoms with van der Waals surface area (Å²) in [6.45, 7) is 22.7. The van der Waals surface area contributed by atoms with E-state index in [1.165, 1.54) is 0 Å². The van der Waals surface area contributed by atoms with E-state index >= 15 is 0 Å². The number of ether oxygens (including phenoxy) is 1. The summed E-state index contributed by atoms with van der Waals surface area (Å²) in [5, 5.41) is 0.0793. The molecular weight excluding hydrogens is 410 g/mol. The van der Waals surface area contributed by atoms with Gasteiger partial charge in [0.1, 0.15) is 18.2 Å². The van der Waals surface area contributed by atoms with Gasteiger partial charge in [-0.05, 0) is 43.6 Å². The van der Waals surface area contributed by atoms with Crippen LogP contribution in [0.5, 0.6) is 0 Å². The van der Waals surface area contributed by atoms with Crippen LogP contribution in [0.1, 0.15) is 39.8 Å². The van der Waals surface area contributed by atoms with Crippen LogP contribution in [0.2, 0.25) is 43.8 Å². The summed E-state index contributed by atoms with van der Waals surface area (Å²) in [4.78, 5) is 19.8. The molecule has 170 valence electrons. The van der Waals surface area contributed by atoms with E-state index in [1.54, 1.807) is 10.8 Å². The first kappa shape index (κ1) is 24.9. The zero-order valence-corrected chi connectivity index (χ0v) is 22.5. The summed E-state index contributed by atoms with van der Waals surface area (Å²) in [7, 11) is -3.20. The normalized spacial score (nSPS) is 15.9. The smallest absolute Gasteiger partial charge is 0.295 e. The molecule has 1 fully saturated rings. The van der Waals surface area contributed by atoms with Crippen LogP contribution in [0.15, 0.2) is 17.1 Å². The quantitative estimate of drug-likeness (QED) is 0.295. The molecule has 1 saturated heterocycles. The lowest BCUT2D eigenvalue weighted by Crippen LogP contribution is -2.43. The third-order valence-electron chi connectivity index (χ3n) is 6.02. The third-order valence-corrected chi connectivity index (χ3v) is 12.1. The molecule has 0 aliphatic carbocycles. The minimum absolute atomic E-state index is 0.0793. The maximum Gasteiger partial charge on any atom is 0.295 e. The van der Waals surface area contributed by atoms with E-state index in [1.807, 2.05) is 17.9 Å². The lowest BCUT2D eigenvalue weighted by molar-refractivity contribution is 0.0845. The minimum atomic E-state index is -2.03. The molecule has 0 N–H and O–H groups in total. The van der Waals surface area contributed by atoms with Crippen molar-refractivity contribution in [2.45, 2.75) is 84.7 Å². The maximum absolute atomic E-state index is 13.0. The van der Waals surface area contributed by atoms with Gasteiger partial charge in [-0.3, -0.25) is 9.36 Å². The standard InChI is InChI=1S/C22H41N3O3Si2/c1-10-19(28-30(8,9)22(2,3)4)18-16-25(17-27-14-15-29(5,6)7)21(26)20(23-18)24-12-11-13-24/h10,16H,11-15,17H2,1-9H3. The molecule has 1 aromatic heterocycles. The first-order valence-electron chi connectivity index (χ1n) is 11.0. The van der Waals surface area contributed by atoms with Crippen molar-refractivity contribution in [3.63, 3.8) is 0 Å². The number of hydrogen-bond acceptors (Lipinski definition) is 5. The van der Waals surface area contributed by atoms with Gasteiger partial charge in [0, 0.05) is 34.0 Å². The molecule has 0 bridgehead atoms. The van der Waals surface area contributed by atoms with Crippen LogP contribution < -0.4 is 10.5 Å². The van der Waals surface area contributed by atoms with Crippen LogP contribution in [0, 0.1) is 0 Å². The number of hydrogen-bond donors (Lipinski definition) is 0. The van der Waals surface area contributed by atoms with Gasteiger partial charge in [-0.1, -0.05) is 40.4 Å². The highest BCUT2D eigenvalue weighted by Crippen LogP contribution is 2.39. The second kappa shape index (κ2) is 9.40. The van der Waals surface area contributed by atoms with Crippen LogP contribution in [0.3, 0.4) is 0 Å². The zero-order valence-electron chi connectivity index (χ0n) is 20.5. The van der Waals surface area contributed by atoms with Crippen LogP contribution in [-0.4, -0.2) is 45.6 Å². The van der Waals surface area contributed by atoms with Gasteiger partial charge < -0.3 is 14.1 Å². The van der Waals surface area contributed by atoms with Gasteiger partial charge in [0.25, 0.3) is 13.9 Å². The van der Waals surface area contributed by atoms with Crippen molar-refractivity contribution in [2.75, 3.05) is 24.6 Å². The molecule has 2 heterocycles. The summed E-state index contributed by atoms with van der Waals surface area (Å²) in [5.74, 6) is 1.25. The Bertz CT molecular complexity index is 816. The van der Waals surface area contributed by atoms with E-state index in [9.17, 15) is 4.79 Å². The molecule has 0 radical (unpaired) electrons. The number of rotatable bonds is 9. The minimum Gasteiger partial charge on any atom is -0.542 e. The van der Waals surface area contributed by atoms with Gasteiger partial charge in [-0.15, -0.1) is 0 Å². The van der Waals surface area contributed by atoms with E-state index in [0.29, 0.717) is 18.1 Å². The van der Waals surface area contributed by atoms with Gasteiger partial charge in [0.2, 0.25) is 0 Å². The Morgan fingerprint density at radius 2 is 1.83 bits per heavy atom. The van der Waals surface area contributed by atoms with Gasteiger partial charge >= 0.3 is 0 Å². The molecular formula is C22H41N3O3Si2. The lowest BCUT2D eigenvalue weighted by atomic mass is 10.2.